The van der Waals surface area contributed by atoms with E-state index in [-0.39, 0.29) is 12.1 Å². The fraction of sp³-hybridized carbons (Fsp3) is 0.300. The summed E-state index contributed by atoms with van der Waals surface area (Å²) < 4.78 is 44.7. The van der Waals surface area contributed by atoms with Gasteiger partial charge in [-0.25, -0.2) is 9.97 Å². The first-order valence-electron chi connectivity index (χ1n) is 8.43. The van der Waals surface area contributed by atoms with Gasteiger partial charge in [0.15, 0.2) is 0 Å². The van der Waals surface area contributed by atoms with Gasteiger partial charge in [0.1, 0.15) is 17.4 Å². The largest absolute Gasteiger partial charge is 0.496 e. The number of ether oxygens (including phenoxy) is 1. The van der Waals surface area contributed by atoms with Crippen LogP contribution < -0.4 is 10.1 Å². The Morgan fingerprint density at radius 1 is 1.07 bits per heavy atom. The highest BCUT2D eigenvalue weighted by Crippen LogP contribution is 2.33. The van der Waals surface area contributed by atoms with Gasteiger partial charge in [0.05, 0.1) is 18.2 Å². The minimum atomic E-state index is -4.37. The Balaban J connectivity index is 1.97. The van der Waals surface area contributed by atoms with Gasteiger partial charge in [-0.2, -0.15) is 13.2 Å². The van der Waals surface area contributed by atoms with E-state index in [2.05, 4.69) is 15.3 Å². The number of nitrogens with zero attached hydrogens (tertiary/aromatic N) is 2. The van der Waals surface area contributed by atoms with Crippen molar-refractivity contribution in [1.82, 2.24) is 9.97 Å². The number of methoxy groups -OCH3 is 1. The molecule has 0 bridgehead atoms. The van der Waals surface area contributed by atoms with Gasteiger partial charge in [-0.05, 0) is 49.6 Å². The Morgan fingerprint density at radius 3 is 2.48 bits per heavy atom. The molecule has 1 aromatic heterocycles. The maximum atomic E-state index is 13.1. The highest BCUT2D eigenvalue weighted by Gasteiger charge is 2.32. The lowest BCUT2D eigenvalue weighted by atomic mass is 10.0. The molecule has 0 radical (unpaired) electrons. The highest BCUT2D eigenvalue weighted by atomic mass is 19.4. The molecule has 0 aliphatic rings. The van der Waals surface area contributed by atoms with E-state index in [9.17, 15) is 13.2 Å². The molecule has 0 fully saturated rings. The van der Waals surface area contributed by atoms with Crippen LogP contribution >= 0.6 is 0 Å². The van der Waals surface area contributed by atoms with Gasteiger partial charge in [0, 0.05) is 18.0 Å². The summed E-state index contributed by atoms with van der Waals surface area (Å²) in [5.41, 5.74) is 1.81. The summed E-state index contributed by atoms with van der Waals surface area (Å²) >= 11 is 0. The number of aryl methyl sites for hydroxylation is 2. The lowest BCUT2D eigenvalue weighted by Gasteiger charge is -2.16. The Morgan fingerprint density at radius 2 is 1.81 bits per heavy atom. The van der Waals surface area contributed by atoms with Crippen molar-refractivity contribution in [3.63, 3.8) is 0 Å². The minimum absolute atomic E-state index is 0.213. The molecule has 0 unspecified atom stereocenters. The zero-order valence-electron chi connectivity index (χ0n) is 15.5. The first-order chi connectivity index (χ1) is 12.7. The van der Waals surface area contributed by atoms with Crippen LogP contribution in [0.4, 0.5) is 19.0 Å². The van der Waals surface area contributed by atoms with Crippen molar-refractivity contribution in [3.05, 3.63) is 58.4 Å². The van der Waals surface area contributed by atoms with Crippen LogP contribution in [-0.2, 0) is 12.7 Å². The van der Waals surface area contributed by atoms with Crippen LogP contribution in [0.2, 0.25) is 0 Å². The van der Waals surface area contributed by atoms with Crippen molar-refractivity contribution in [3.8, 4) is 5.75 Å². The predicted octanol–water partition coefficient (Wildman–Crippen LogP) is 5.19. The zero-order valence-corrected chi connectivity index (χ0v) is 15.5. The molecule has 1 heterocycles. The van der Waals surface area contributed by atoms with Gasteiger partial charge in [-0.15, -0.1) is 0 Å². The Bertz CT molecular complexity index is 1000. The van der Waals surface area contributed by atoms with Crippen LogP contribution in [0.3, 0.4) is 0 Å². The number of anilines is 1. The molecule has 0 spiro atoms. The number of aromatic nitrogens is 2. The molecule has 142 valence electrons. The van der Waals surface area contributed by atoms with E-state index >= 15 is 0 Å². The Labute approximate surface area is 155 Å². The standard InChI is InChI=1S/C20H20F3N3O/c1-11-8-15-17(9-18(11)27-4)25-13(3)26-19(15)24-10-14-6-5-7-16(12(14)2)20(21,22)23/h5-9H,10H2,1-4H3,(H,24,25,26). The number of nitrogens with one attached hydrogen (secondary N) is 1. The summed E-state index contributed by atoms with van der Waals surface area (Å²) in [6.45, 7) is 5.40. The zero-order chi connectivity index (χ0) is 19.8. The van der Waals surface area contributed by atoms with Crippen LogP contribution in [0, 0.1) is 20.8 Å². The average molecular weight is 375 g/mol. The molecule has 1 N–H and O–H groups in total. The van der Waals surface area contributed by atoms with Crippen molar-refractivity contribution < 1.29 is 17.9 Å². The molecular weight excluding hydrogens is 355 g/mol. The summed E-state index contributed by atoms with van der Waals surface area (Å²) in [5, 5.41) is 3.96. The molecule has 3 aromatic rings. The summed E-state index contributed by atoms with van der Waals surface area (Å²) in [4.78, 5) is 8.85. The fourth-order valence-electron chi connectivity index (χ4n) is 3.10. The summed E-state index contributed by atoms with van der Waals surface area (Å²) in [6, 6.07) is 7.95. The average Bonchev–Trinajstić information content (AvgIpc) is 2.59. The van der Waals surface area contributed by atoms with Crippen molar-refractivity contribution >= 4 is 16.7 Å². The maximum absolute atomic E-state index is 13.1. The van der Waals surface area contributed by atoms with Gasteiger partial charge in [0.2, 0.25) is 0 Å². The van der Waals surface area contributed by atoms with Crippen LogP contribution in [-0.4, -0.2) is 17.1 Å². The number of benzene rings is 2. The number of hydrogen-bond donors (Lipinski definition) is 1. The highest BCUT2D eigenvalue weighted by molar-refractivity contribution is 5.91. The molecule has 0 saturated heterocycles. The molecule has 0 atom stereocenters. The number of halogens is 3. The SMILES string of the molecule is COc1cc2nc(C)nc(NCc3cccc(C(F)(F)F)c3C)c2cc1C. The van der Waals surface area contributed by atoms with Gasteiger partial charge in [0.25, 0.3) is 0 Å². The lowest BCUT2D eigenvalue weighted by Crippen LogP contribution is -2.11. The third kappa shape index (κ3) is 3.82. The monoisotopic (exact) mass is 375 g/mol. The van der Waals surface area contributed by atoms with Gasteiger partial charge in [-0.1, -0.05) is 12.1 Å². The third-order valence-electron chi connectivity index (χ3n) is 4.52. The van der Waals surface area contributed by atoms with E-state index in [4.69, 9.17) is 4.74 Å². The van der Waals surface area contributed by atoms with Crippen LogP contribution in [0.5, 0.6) is 5.75 Å². The fourth-order valence-corrected chi connectivity index (χ4v) is 3.10. The second-order valence-electron chi connectivity index (χ2n) is 6.40. The predicted molar refractivity (Wildman–Crippen MR) is 99.1 cm³/mol. The van der Waals surface area contributed by atoms with Gasteiger partial charge < -0.3 is 10.1 Å². The smallest absolute Gasteiger partial charge is 0.416 e. The molecule has 0 aliphatic carbocycles. The topological polar surface area (TPSA) is 47.0 Å². The molecule has 0 saturated carbocycles. The molecule has 27 heavy (non-hydrogen) atoms. The quantitative estimate of drug-likeness (QED) is 0.681. The number of fused-ring (bicyclic) bond motifs is 1. The molecule has 3 rings (SSSR count). The van der Waals surface area contributed by atoms with E-state index in [0.29, 0.717) is 22.7 Å². The number of alkyl halides is 3. The van der Waals surface area contributed by atoms with E-state index in [1.54, 1.807) is 20.1 Å². The molecule has 0 amide bonds. The number of rotatable bonds is 4. The van der Waals surface area contributed by atoms with Crippen molar-refractivity contribution in [2.45, 2.75) is 33.5 Å². The normalized spacial score (nSPS) is 11.7. The Hall–Kier alpha value is -2.83. The first kappa shape index (κ1) is 18.9. The molecule has 7 heteroatoms. The number of hydrogen-bond acceptors (Lipinski definition) is 4. The van der Waals surface area contributed by atoms with E-state index < -0.39 is 11.7 Å². The lowest BCUT2D eigenvalue weighted by molar-refractivity contribution is -0.138. The van der Waals surface area contributed by atoms with Gasteiger partial charge >= 0.3 is 6.18 Å². The molecule has 4 nitrogen and oxygen atoms in total. The van der Waals surface area contributed by atoms with E-state index in [1.165, 1.54) is 13.0 Å². The Kier molecular flexibility index (Phi) is 4.95. The summed E-state index contributed by atoms with van der Waals surface area (Å²) in [7, 11) is 1.60. The van der Waals surface area contributed by atoms with Crippen molar-refractivity contribution in [2.24, 2.45) is 0 Å². The van der Waals surface area contributed by atoms with Crippen LogP contribution in [0.15, 0.2) is 30.3 Å². The van der Waals surface area contributed by atoms with Crippen molar-refractivity contribution in [2.75, 3.05) is 12.4 Å². The maximum Gasteiger partial charge on any atom is 0.416 e. The summed E-state index contributed by atoms with van der Waals surface area (Å²) in [5.74, 6) is 1.87. The van der Waals surface area contributed by atoms with E-state index in [0.717, 1.165) is 22.8 Å². The van der Waals surface area contributed by atoms with Crippen LogP contribution in [0.1, 0.15) is 28.1 Å². The second-order valence-corrected chi connectivity index (χ2v) is 6.40. The molecule has 2 aromatic carbocycles. The molecular formula is C20H20F3N3O. The van der Waals surface area contributed by atoms with Gasteiger partial charge in [-0.3, -0.25) is 0 Å². The molecule has 0 aliphatic heterocycles. The van der Waals surface area contributed by atoms with Crippen LogP contribution in [0.25, 0.3) is 10.9 Å². The minimum Gasteiger partial charge on any atom is -0.496 e. The summed E-state index contributed by atoms with van der Waals surface area (Å²) in [6.07, 6.45) is -4.37. The third-order valence-corrected chi connectivity index (χ3v) is 4.52. The second kappa shape index (κ2) is 7.06. The van der Waals surface area contributed by atoms with Crippen molar-refractivity contribution in [1.29, 1.82) is 0 Å². The first-order valence-corrected chi connectivity index (χ1v) is 8.43. The van der Waals surface area contributed by atoms with E-state index in [1.807, 2.05) is 19.1 Å².